The van der Waals surface area contributed by atoms with Crippen LogP contribution >= 0.6 is 11.6 Å². The number of nitrogens with one attached hydrogen (secondary N) is 1. The Kier molecular flexibility index (Phi) is 5.28. The number of benzene rings is 2. The minimum absolute atomic E-state index is 0.161. The summed E-state index contributed by atoms with van der Waals surface area (Å²) in [6.45, 7) is 1.89. The highest BCUT2D eigenvalue weighted by Gasteiger charge is 2.11. The zero-order valence-electron chi connectivity index (χ0n) is 13.1. The van der Waals surface area contributed by atoms with Crippen LogP contribution in [-0.4, -0.2) is 28.7 Å². The molecule has 0 radical (unpaired) electrons. The predicted molar refractivity (Wildman–Crippen MR) is 94.9 cm³/mol. The van der Waals surface area contributed by atoms with Crippen molar-refractivity contribution in [2.75, 3.05) is 19.0 Å². The molecule has 0 aliphatic carbocycles. The van der Waals surface area contributed by atoms with Crippen molar-refractivity contribution in [3.63, 3.8) is 0 Å². The average Bonchev–Trinajstić information content (AvgIpc) is 2.49. The second-order valence-electron chi connectivity index (χ2n) is 5.27. The van der Waals surface area contributed by atoms with Gasteiger partial charge in [-0.05, 0) is 37.3 Å². The average molecular weight is 352 g/mol. The van der Waals surface area contributed by atoms with Crippen LogP contribution in [0.1, 0.15) is 11.1 Å². The van der Waals surface area contributed by atoms with E-state index < -0.39 is 10.0 Å². The quantitative estimate of drug-likeness (QED) is 0.665. The normalized spacial score (nSPS) is 11.7. The van der Waals surface area contributed by atoms with Crippen LogP contribution in [0.25, 0.3) is 0 Å². The van der Waals surface area contributed by atoms with Crippen molar-refractivity contribution in [1.82, 2.24) is 4.83 Å². The minimum Gasteiger partial charge on any atom is -0.378 e. The zero-order chi connectivity index (χ0) is 17.0. The van der Waals surface area contributed by atoms with Gasteiger partial charge >= 0.3 is 0 Å². The second-order valence-corrected chi connectivity index (χ2v) is 7.33. The van der Waals surface area contributed by atoms with Crippen LogP contribution in [0, 0.1) is 6.92 Å². The SMILES string of the molecule is Cc1ccc(S(=O)(=O)N/N=C/c2ccc(N(C)C)cc2Cl)cc1. The molecule has 5 nitrogen and oxygen atoms in total. The van der Waals surface area contributed by atoms with Gasteiger partial charge in [0.1, 0.15) is 0 Å². The number of nitrogens with zero attached hydrogens (tertiary/aromatic N) is 2. The maximum absolute atomic E-state index is 12.1. The van der Waals surface area contributed by atoms with E-state index in [0.717, 1.165) is 11.3 Å². The summed E-state index contributed by atoms with van der Waals surface area (Å²) in [6.07, 6.45) is 1.38. The van der Waals surface area contributed by atoms with Gasteiger partial charge in [0, 0.05) is 25.3 Å². The molecule has 7 heteroatoms. The Labute approximate surface area is 141 Å². The Bertz CT molecular complexity index is 816. The number of halogens is 1. The molecule has 0 aliphatic heterocycles. The number of rotatable bonds is 5. The maximum Gasteiger partial charge on any atom is 0.276 e. The Morgan fingerprint density at radius 3 is 2.35 bits per heavy atom. The van der Waals surface area contributed by atoms with Gasteiger partial charge in [-0.25, -0.2) is 4.83 Å². The summed E-state index contributed by atoms with van der Waals surface area (Å²) >= 11 is 6.16. The molecule has 122 valence electrons. The van der Waals surface area contributed by atoms with Crippen LogP contribution in [0.3, 0.4) is 0 Å². The first-order valence-corrected chi connectivity index (χ1v) is 8.74. The highest BCUT2D eigenvalue weighted by molar-refractivity contribution is 7.89. The highest BCUT2D eigenvalue weighted by atomic mass is 35.5. The zero-order valence-corrected chi connectivity index (χ0v) is 14.7. The molecule has 0 heterocycles. The summed E-state index contributed by atoms with van der Waals surface area (Å²) < 4.78 is 24.2. The standard InChI is InChI=1S/C16H18ClN3O2S/c1-12-4-8-15(9-5-12)23(21,22)19-18-11-13-6-7-14(20(2)3)10-16(13)17/h4-11,19H,1-3H3/b18-11+. The fraction of sp³-hybridized carbons (Fsp3) is 0.188. The van der Waals surface area contributed by atoms with Crippen LogP contribution < -0.4 is 9.73 Å². The lowest BCUT2D eigenvalue weighted by Crippen LogP contribution is -2.18. The summed E-state index contributed by atoms with van der Waals surface area (Å²) in [4.78, 5) is 4.27. The van der Waals surface area contributed by atoms with Crippen LogP contribution in [0.15, 0.2) is 52.5 Å². The lowest BCUT2D eigenvalue weighted by molar-refractivity contribution is 0.584. The van der Waals surface area contributed by atoms with E-state index in [1.807, 2.05) is 32.0 Å². The third-order valence-electron chi connectivity index (χ3n) is 3.21. The van der Waals surface area contributed by atoms with Gasteiger partial charge in [-0.3, -0.25) is 0 Å². The Morgan fingerprint density at radius 2 is 1.78 bits per heavy atom. The largest absolute Gasteiger partial charge is 0.378 e. The molecular formula is C16H18ClN3O2S. The van der Waals surface area contributed by atoms with Crippen molar-refractivity contribution in [3.05, 3.63) is 58.6 Å². The molecule has 2 aromatic carbocycles. The Morgan fingerprint density at radius 1 is 1.13 bits per heavy atom. The van der Waals surface area contributed by atoms with Crippen molar-refractivity contribution in [2.24, 2.45) is 5.10 Å². The molecule has 0 amide bonds. The molecule has 0 saturated carbocycles. The monoisotopic (exact) mass is 351 g/mol. The summed E-state index contributed by atoms with van der Waals surface area (Å²) in [5, 5.41) is 4.28. The molecule has 0 spiro atoms. The Balaban J connectivity index is 2.13. The number of hydrogen-bond acceptors (Lipinski definition) is 4. The van der Waals surface area contributed by atoms with Crippen molar-refractivity contribution < 1.29 is 8.42 Å². The first-order chi connectivity index (χ1) is 10.8. The van der Waals surface area contributed by atoms with E-state index >= 15 is 0 Å². The fourth-order valence-electron chi connectivity index (χ4n) is 1.83. The van der Waals surface area contributed by atoms with E-state index in [9.17, 15) is 8.42 Å². The topological polar surface area (TPSA) is 61.8 Å². The number of anilines is 1. The first-order valence-electron chi connectivity index (χ1n) is 6.88. The van der Waals surface area contributed by atoms with Gasteiger partial charge in [-0.15, -0.1) is 0 Å². The molecular weight excluding hydrogens is 334 g/mol. The van der Waals surface area contributed by atoms with E-state index in [0.29, 0.717) is 10.6 Å². The van der Waals surface area contributed by atoms with Crippen LogP contribution in [0.4, 0.5) is 5.69 Å². The predicted octanol–water partition coefficient (Wildman–Crippen LogP) is 3.03. The van der Waals surface area contributed by atoms with Crippen molar-refractivity contribution in [2.45, 2.75) is 11.8 Å². The van der Waals surface area contributed by atoms with Crippen LogP contribution in [-0.2, 0) is 10.0 Å². The van der Waals surface area contributed by atoms with Gasteiger partial charge in [0.25, 0.3) is 10.0 Å². The molecule has 23 heavy (non-hydrogen) atoms. The summed E-state index contributed by atoms with van der Waals surface area (Å²) in [6, 6.07) is 12.0. The molecule has 0 aromatic heterocycles. The fourth-order valence-corrected chi connectivity index (χ4v) is 2.85. The van der Waals surface area contributed by atoms with E-state index in [1.54, 1.807) is 24.3 Å². The molecule has 0 bridgehead atoms. The highest BCUT2D eigenvalue weighted by Crippen LogP contribution is 2.21. The van der Waals surface area contributed by atoms with E-state index in [2.05, 4.69) is 9.93 Å². The molecule has 0 aliphatic rings. The van der Waals surface area contributed by atoms with Crippen LogP contribution in [0.5, 0.6) is 0 Å². The summed E-state index contributed by atoms with van der Waals surface area (Å²) in [5.41, 5.74) is 2.57. The number of hydrogen-bond donors (Lipinski definition) is 1. The number of sulfonamides is 1. The number of aryl methyl sites for hydroxylation is 1. The second kappa shape index (κ2) is 7.02. The van der Waals surface area contributed by atoms with E-state index in [4.69, 9.17) is 11.6 Å². The minimum atomic E-state index is -3.68. The van der Waals surface area contributed by atoms with Crippen molar-refractivity contribution >= 4 is 33.5 Å². The van der Waals surface area contributed by atoms with E-state index in [-0.39, 0.29) is 4.90 Å². The molecule has 0 unspecified atom stereocenters. The van der Waals surface area contributed by atoms with Gasteiger partial charge in [0.05, 0.1) is 16.1 Å². The van der Waals surface area contributed by atoms with E-state index in [1.165, 1.54) is 18.3 Å². The molecule has 2 aromatic rings. The molecule has 0 fully saturated rings. The summed E-state index contributed by atoms with van der Waals surface area (Å²) in [5.74, 6) is 0. The maximum atomic E-state index is 12.1. The van der Waals surface area contributed by atoms with Gasteiger partial charge in [-0.2, -0.15) is 13.5 Å². The molecule has 2 rings (SSSR count). The van der Waals surface area contributed by atoms with Crippen molar-refractivity contribution in [1.29, 1.82) is 0 Å². The van der Waals surface area contributed by atoms with Gasteiger partial charge in [0.2, 0.25) is 0 Å². The third kappa shape index (κ3) is 4.46. The number of hydrazone groups is 1. The Hall–Kier alpha value is -2.05. The van der Waals surface area contributed by atoms with Gasteiger partial charge < -0.3 is 4.90 Å². The lowest BCUT2D eigenvalue weighted by atomic mass is 10.2. The lowest BCUT2D eigenvalue weighted by Gasteiger charge is -2.13. The van der Waals surface area contributed by atoms with Crippen LogP contribution in [0.2, 0.25) is 5.02 Å². The molecule has 0 saturated heterocycles. The first kappa shape index (κ1) is 17.3. The van der Waals surface area contributed by atoms with Gasteiger partial charge in [-0.1, -0.05) is 29.3 Å². The van der Waals surface area contributed by atoms with Gasteiger partial charge in [0.15, 0.2) is 0 Å². The smallest absolute Gasteiger partial charge is 0.276 e. The molecule has 0 atom stereocenters. The van der Waals surface area contributed by atoms with Crippen molar-refractivity contribution in [3.8, 4) is 0 Å². The molecule has 1 N–H and O–H groups in total. The summed E-state index contributed by atoms with van der Waals surface area (Å²) in [7, 11) is 0.143. The third-order valence-corrected chi connectivity index (χ3v) is 4.77.